The number of piperazine rings is 1. The molecule has 184 valence electrons. The summed E-state index contributed by atoms with van der Waals surface area (Å²) in [6.07, 6.45) is 5.39. The second kappa shape index (κ2) is 10.2. The minimum absolute atomic E-state index is 0.0792. The molecule has 0 aromatic heterocycles. The molecule has 0 spiro atoms. The van der Waals surface area contributed by atoms with Gasteiger partial charge in [-0.05, 0) is 42.4 Å². The lowest BCUT2D eigenvalue weighted by molar-refractivity contribution is -0.384. The summed E-state index contributed by atoms with van der Waals surface area (Å²) in [4.78, 5) is 43.6. The Hall–Kier alpha value is -3.26. The predicted octanol–water partition coefficient (Wildman–Crippen LogP) is 3.50. The predicted molar refractivity (Wildman–Crippen MR) is 132 cm³/mol. The van der Waals surface area contributed by atoms with E-state index in [4.69, 9.17) is 0 Å². The van der Waals surface area contributed by atoms with Crippen molar-refractivity contribution in [1.82, 2.24) is 14.7 Å². The first-order valence-electron chi connectivity index (χ1n) is 12.6. The van der Waals surface area contributed by atoms with Crippen molar-refractivity contribution >= 4 is 17.5 Å². The highest BCUT2D eigenvalue weighted by atomic mass is 16.6. The third-order valence-corrected chi connectivity index (χ3v) is 7.84. The van der Waals surface area contributed by atoms with Gasteiger partial charge in [-0.3, -0.25) is 24.6 Å². The van der Waals surface area contributed by atoms with Gasteiger partial charge in [0, 0.05) is 57.0 Å². The number of carbonyl (C=O) groups is 2. The van der Waals surface area contributed by atoms with E-state index >= 15 is 0 Å². The van der Waals surface area contributed by atoms with Gasteiger partial charge in [0.25, 0.3) is 11.6 Å². The topological polar surface area (TPSA) is 87.0 Å². The van der Waals surface area contributed by atoms with Crippen molar-refractivity contribution < 1.29 is 14.5 Å². The summed E-state index contributed by atoms with van der Waals surface area (Å²) in [5, 5.41) is 11.1. The molecule has 1 atom stereocenters. The zero-order valence-electron chi connectivity index (χ0n) is 20.0. The Morgan fingerprint density at radius 3 is 2.31 bits per heavy atom. The van der Waals surface area contributed by atoms with E-state index in [0.29, 0.717) is 44.2 Å². The van der Waals surface area contributed by atoms with Crippen LogP contribution < -0.4 is 0 Å². The van der Waals surface area contributed by atoms with Crippen molar-refractivity contribution in [3.05, 3.63) is 75.3 Å². The number of carbonyl (C=O) groups excluding carboxylic acids is 2. The lowest BCUT2D eigenvalue weighted by Gasteiger charge is -2.43. The summed E-state index contributed by atoms with van der Waals surface area (Å²) in [5.74, 6) is 0.397. The van der Waals surface area contributed by atoms with E-state index in [1.54, 1.807) is 17.0 Å². The smallest absolute Gasteiger partial charge is 0.270 e. The molecule has 2 fully saturated rings. The molecule has 8 nitrogen and oxygen atoms in total. The molecule has 5 rings (SSSR count). The van der Waals surface area contributed by atoms with E-state index in [0.717, 1.165) is 25.8 Å². The van der Waals surface area contributed by atoms with Gasteiger partial charge in [0.2, 0.25) is 5.91 Å². The van der Waals surface area contributed by atoms with E-state index in [1.165, 1.54) is 36.1 Å². The number of nitro groups is 1. The molecular formula is C27H32N4O4. The van der Waals surface area contributed by atoms with Gasteiger partial charge in [0.15, 0.2) is 0 Å². The highest BCUT2D eigenvalue weighted by Crippen LogP contribution is 2.33. The van der Waals surface area contributed by atoms with E-state index < -0.39 is 4.92 Å². The third-order valence-electron chi connectivity index (χ3n) is 7.84. The molecule has 8 heteroatoms. The monoisotopic (exact) mass is 476 g/mol. The Morgan fingerprint density at radius 2 is 1.60 bits per heavy atom. The molecule has 2 aromatic carbocycles. The Labute approximate surface area is 205 Å². The number of benzene rings is 2. The van der Waals surface area contributed by atoms with Gasteiger partial charge in [-0.25, -0.2) is 0 Å². The molecular weight excluding hydrogens is 444 g/mol. The molecule has 0 unspecified atom stereocenters. The molecule has 2 amide bonds. The normalized spacial score (nSPS) is 19.9. The molecule has 2 aliphatic heterocycles. The SMILES string of the molecule is O=C(c1cccc([N+](=O)[O-])c1)N1CCN([C@@H](C(=O)N2CCc3ccccc3C2)C2CCCC2)CC1. The van der Waals surface area contributed by atoms with Gasteiger partial charge in [0.1, 0.15) is 0 Å². The van der Waals surface area contributed by atoms with Crippen LogP contribution in [-0.4, -0.2) is 70.2 Å². The maximum absolute atomic E-state index is 13.9. The molecule has 3 aliphatic rings. The summed E-state index contributed by atoms with van der Waals surface area (Å²) >= 11 is 0. The van der Waals surface area contributed by atoms with Crippen LogP contribution in [0.25, 0.3) is 0 Å². The maximum Gasteiger partial charge on any atom is 0.270 e. The average molecular weight is 477 g/mol. The van der Waals surface area contributed by atoms with E-state index in [9.17, 15) is 19.7 Å². The molecule has 1 saturated carbocycles. The zero-order chi connectivity index (χ0) is 24.4. The number of rotatable bonds is 5. The lowest BCUT2D eigenvalue weighted by atomic mass is 9.92. The highest BCUT2D eigenvalue weighted by Gasteiger charge is 2.40. The van der Waals surface area contributed by atoms with Gasteiger partial charge in [-0.2, -0.15) is 0 Å². The first-order valence-corrected chi connectivity index (χ1v) is 12.6. The van der Waals surface area contributed by atoms with Crippen molar-refractivity contribution in [2.24, 2.45) is 5.92 Å². The standard InChI is InChI=1S/C27H32N4O4/c32-26(22-10-5-11-24(18-22)31(34)35)29-16-14-28(15-17-29)25(21-7-2-3-8-21)27(33)30-13-12-20-6-1-4-9-23(20)19-30/h1,4-6,9-11,18,21,25H,2-3,7-8,12-17,19H2/t25-/m1/s1. The molecule has 2 aromatic rings. The second-order valence-corrected chi connectivity index (χ2v) is 9.90. The van der Waals surface area contributed by atoms with Crippen LogP contribution in [0, 0.1) is 16.0 Å². The van der Waals surface area contributed by atoms with E-state index in [1.807, 2.05) is 11.0 Å². The van der Waals surface area contributed by atoms with Crippen molar-refractivity contribution in [1.29, 1.82) is 0 Å². The zero-order valence-corrected chi connectivity index (χ0v) is 20.0. The number of hydrogen-bond donors (Lipinski definition) is 0. The average Bonchev–Trinajstić information content (AvgIpc) is 3.43. The van der Waals surface area contributed by atoms with Crippen molar-refractivity contribution in [2.45, 2.75) is 44.7 Å². The van der Waals surface area contributed by atoms with Gasteiger partial charge >= 0.3 is 0 Å². The number of fused-ring (bicyclic) bond motifs is 1. The minimum Gasteiger partial charge on any atom is -0.337 e. The van der Waals surface area contributed by atoms with Crippen LogP contribution in [-0.2, 0) is 17.8 Å². The van der Waals surface area contributed by atoms with Gasteiger partial charge < -0.3 is 9.80 Å². The first-order chi connectivity index (χ1) is 17.0. The number of nitro benzene ring substituents is 1. The van der Waals surface area contributed by atoms with Gasteiger partial charge in [-0.1, -0.05) is 43.2 Å². The fourth-order valence-electron chi connectivity index (χ4n) is 5.94. The molecule has 2 heterocycles. The highest BCUT2D eigenvalue weighted by molar-refractivity contribution is 5.95. The quantitative estimate of drug-likeness (QED) is 0.487. The summed E-state index contributed by atoms with van der Waals surface area (Å²) in [6.45, 7) is 3.73. The van der Waals surface area contributed by atoms with Crippen LogP contribution in [0.5, 0.6) is 0 Å². The first kappa shape index (κ1) is 23.5. The molecule has 0 N–H and O–H groups in total. The fraction of sp³-hybridized carbons (Fsp3) is 0.481. The Kier molecular flexibility index (Phi) is 6.81. The number of hydrogen-bond acceptors (Lipinski definition) is 5. The Balaban J connectivity index is 1.27. The van der Waals surface area contributed by atoms with Crippen molar-refractivity contribution in [3.8, 4) is 0 Å². The van der Waals surface area contributed by atoms with Crippen LogP contribution in [0.2, 0.25) is 0 Å². The molecule has 0 bridgehead atoms. The summed E-state index contributed by atoms with van der Waals surface area (Å²) < 4.78 is 0. The molecule has 0 radical (unpaired) electrons. The Morgan fingerprint density at radius 1 is 0.886 bits per heavy atom. The van der Waals surface area contributed by atoms with Crippen molar-refractivity contribution in [3.63, 3.8) is 0 Å². The fourth-order valence-corrected chi connectivity index (χ4v) is 5.94. The molecule has 35 heavy (non-hydrogen) atoms. The summed E-state index contributed by atoms with van der Waals surface area (Å²) in [5.41, 5.74) is 2.83. The minimum atomic E-state index is -0.481. The van der Waals surface area contributed by atoms with Crippen LogP contribution in [0.1, 0.15) is 47.2 Å². The lowest BCUT2D eigenvalue weighted by Crippen LogP contribution is -2.58. The second-order valence-electron chi connectivity index (χ2n) is 9.90. The summed E-state index contributed by atoms with van der Waals surface area (Å²) in [6, 6.07) is 14.1. The van der Waals surface area contributed by atoms with Gasteiger partial charge in [-0.15, -0.1) is 0 Å². The maximum atomic E-state index is 13.9. The van der Waals surface area contributed by atoms with Crippen LogP contribution in [0.4, 0.5) is 5.69 Å². The van der Waals surface area contributed by atoms with Crippen LogP contribution >= 0.6 is 0 Å². The summed E-state index contributed by atoms with van der Waals surface area (Å²) in [7, 11) is 0. The van der Waals surface area contributed by atoms with E-state index in [2.05, 4.69) is 23.1 Å². The van der Waals surface area contributed by atoms with Crippen molar-refractivity contribution in [2.75, 3.05) is 32.7 Å². The molecule has 1 saturated heterocycles. The Bertz CT molecular complexity index is 1110. The largest absolute Gasteiger partial charge is 0.337 e. The van der Waals surface area contributed by atoms with Crippen LogP contribution in [0.15, 0.2) is 48.5 Å². The van der Waals surface area contributed by atoms with Crippen LogP contribution in [0.3, 0.4) is 0 Å². The molecule has 1 aliphatic carbocycles. The number of non-ortho nitro benzene ring substituents is 1. The van der Waals surface area contributed by atoms with Gasteiger partial charge in [0.05, 0.1) is 11.0 Å². The number of amides is 2. The number of nitrogens with zero attached hydrogens (tertiary/aromatic N) is 4. The third kappa shape index (κ3) is 4.93. The van der Waals surface area contributed by atoms with E-state index in [-0.39, 0.29) is 23.5 Å².